The summed E-state index contributed by atoms with van der Waals surface area (Å²) in [6.45, 7) is 5.23. The Morgan fingerprint density at radius 1 is 1.00 bits per heavy atom. The second-order valence-electron chi connectivity index (χ2n) is 4.84. The van der Waals surface area contributed by atoms with Crippen molar-refractivity contribution in [1.82, 2.24) is 5.32 Å². The molecule has 0 spiro atoms. The largest absolute Gasteiger partial charge is 0.497 e. The van der Waals surface area contributed by atoms with E-state index in [0.29, 0.717) is 6.04 Å². The van der Waals surface area contributed by atoms with Crippen molar-refractivity contribution >= 4 is 0 Å². The molecule has 0 aliphatic heterocycles. The minimum atomic E-state index is 0.303. The fraction of sp³-hybridized carbons (Fsp3) is 0.333. The average molecular weight is 285 g/mol. The molecule has 3 heteroatoms. The van der Waals surface area contributed by atoms with Crippen molar-refractivity contribution in [2.75, 3.05) is 13.7 Å². The van der Waals surface area contributed by atoms with Crippen molar-refractivity contribution in [2.24, 2.45) is 0 Å². The average Bonchev–Trinajstić information content (AvgIpc) is 2.53. The first kappa shape index (κ1) is 15.4. The van der Waals surface area contributed by atoms with E-state index in [0.717, 1.165) is 30.2 Å². The number of benzene rings is 2. The van der Waals surface area contributed by atoms with Gasteiger partial charge in [0.15, 0.2) is 0 Å². The minimum absolute atomic E-state index is 0.303. The van der Waals surface area contributed by atoms with E-state index < -0.39 is 0 Å². The molecule has 0 aromatic heterocycles. The third-order valence-corrected chi connectivity index (χ3v) is 3.42. The van der Waals surface area contributed by atoms with Gasteiger partial charge in [-0.05, 0) is 31.2 Å². The first-order valence-electron chi connectivity index (χ1n) is 7.42. The fourth-order valence-corrected chi connectivity index (χ4v) is 2.37. The van der Waals surface area contributed by atoms with Crippen LogP contribution in [0, 0.1) is 0 Å². The van der Waals surface area contributed by atoms with Gasteiger partial charge in [-0.15, -0.1) is 0 Å². The molecule has 1 unspecified atom stereocenters. The standard InChI is InChI=1S/C18H23NO2/c1-4-17(19-5-2)16-11-6-7-12-18(16)21-15-10-8-9-14(13-15)20-3/h6-13,17,19H,4-5H2,1-3H3. The predicted molar refractivity (Wildman–Crippen MR) is 86.2 cm³/mol. The summed E-state index contributed by atoms with van der Waals surface area (Å²) < 4.78 is 11.3. The highest BCUT2D eigenvalue weighted by Gasteiger charge is 2.13. The molecule has 0 amide bonds. The molecule has 0 saturated heterocycles. The molecule has 2 aromatic rings. The van der Waals surface area contributed by atoms with Crippen LogP contribution < -0.4 is 14.8 Å². The van der Waals surface area contributed by atoms with Gasteiger partial charge in [0.2, 0.25) is 0 Å². The van der Waals surface area contributed by atoms with Gasteiger partial charge in [0.05, 0.1) is 7.11 Å². The Hall–Kier alpha value is -2.00. The Kier molecular flexibility index (Phi) is 5.64. The molecule has 1 N–H and O–H groups in total. The first-order valence-corrected chi connectivity index (χ1v) is 7.42. The highest BCUT2D eigenvalue weighted by Crippen LogP contribution is 2.32. The zero-order valence-electron chi connectivity index (χ0n) is 12.9. The summed E-state index contributed by atoms with van der Waals surface area (Å²) in [5.74, 6) is 2.47. The van der Waals surface area contributed by atoms with Crippen LogP contribution in [-0.2, 0) is 0 Å². The van der Waals surface area contributed by atoms with E-state index in [1.54, 1.807) is 7.11 Å². The molecule has 0 fully saturated rings. The molecule has 0 heterocycles. The zero-order chi connectivity index (χ0) is 15.1. The Morgan fingerprint density at radius 3 is 2.48 bits per heavy atom. The zero-order valence-corrected chi connectivity index (χ0v) is 12.9. The molecule has 3 nitrogen and oxygen atoms in total. The molecule has 2 rings (SSSR count). The highest BCUT2D eigenvalue weighted by atomic mass is 16.5. The Balaban J connectivity index is 2.27. The molecule has 112 valence electrons. The third-order valence-electron chi connectivity index (χ3n) is 3.42. The van der Waals surface area contributed by atoms with Gasteiger partial charge >= 0.3 is 0 Å². The lowest BCUT2D eigenvalue weighted by molar-refractivity contribution is 0.407. The second-order valence-corrected chi connectivity index (χ2v) is 4.84. The maximum atomic E-state index is 6.06. The topological polar surface area (TPSA) is 30.5 Å². The van der Waals surface area contributed by atoms with Crippen LogP contribution in [0.25, 0.3) is 0 Å². The van der Waals surface area contributed by atoms with E-state index >= 15 is 0 Å². The molecular weight excluding hydrogens is 262 g/mol. The number of hydrogen-bond donors (Lipinski definition) is 1. The molecule has 0 aliphatic rings. The quantitative estimate of drug-likeness (QED) is 0.809. The number of nitrogens with one attached hydrogen (secondary N) is 1. The van der Waals surface area contributed by atoms with Crippen LogP contribution in [0.5, 0.6) is 17.2 Å². The number of ether oxygens (including phenoxy) is 2. The molecule has 2 aromatic carbocycles. The maximum Gasteiger partial charge on any atom is 0.132 e. The van der Waals surface area contributed by atoms with E-state index in [4.69, 9.17) is 9.47 Å². The monoisotopic (exact) mass is 285 g/mol. The summed E-state index contributed by atoms with van der Waals surface area (Å²) in [6, 6.07) is 16.1. The predicted octanol–water partition coefficient (Wildman–Crippen LogP) is 4.55. The summed E-state index contributed by atoms with van der Waals surface area (Å²) in [6.07, 6.45) is 1.02. The van der Waals surface area contributed by atoms with Crippen LogP contribution in [0.1, 0.15) is 31.9 Å². The Morgan fingerprint density at radius 2 is 1.76 bits per heavy atom. The van der Waals surface area contributed by atoms with E-state index in [1.165, 1.54) is 5.56 Å². The van der Waals surface area contributed by atoms with Gasteiger partial charge in [0.1, 0.15) is 17.2 Å². The van der Waals surface area contributed by atoms with E-state index in [2.05, 4.69) is 25.2 Å². The van der Waals surface area contributed by atoms with Crippen molar-refractivity contribution in [3.63, 3.8) is 0 Å². The molecule has 21 heavy (non-hydrogen) atoms. The second kappa shape index (κ2) is 7.70. The summed E-state index contributed by atoms with van der Waals surface area (Å²) in [4.78, 5) is 0. The van der Waals surface area contributed by atoms with Gasteiger partial charge in [0.25, 0.3) is 0 Å². The van der Waals surface area contributed by atoms with Crippen molar-refractivity contribution in [3.8, 4) is 17.2 Å². The Labute approximate surface area is 126 Å². The molecule has 0 saturated carbocycles. The van der Waals surface area contributed by atoms with Crippen molar-refractivity contribution in [1.29, 1.82) is 0 Å². The van der Waals surface area contributed by atoms with Crippen LogP contribution in [0.3, 0.4) is 0 Å². The summed E-state index contributed by atoms with van der Waals surface area (Å²) in [5.41, 5.74) is 1.18. The SMILES string of the molecule is CCNC(CC)c1ccccc1Oc1cccc(OC)c1. The number of hydrogen-bond acceptors (Lipinski definition) is 3. The molecule has 0 radical (unpaired) electrons. The summed E-state index contributed by atoms with van der Waals surface area (Å²) in [7, 11) is 1.66. The van der Waals surface area contributed by atoms with Crippen LogP contribution in [0.15, 0.2) is 48.5 Å². The van der Waals surface area contributed by atoms with Crippen LogP contribution >= 0.6 is 0 Å². The van der Waals surface area contributed by atoms with Crippen LogP contribution in [0.4, 0.5) is 0 Å². The van der Waals surface area contributed by atoms with Gasteiger partial charge < -0.3 is 14.8 Å². The molecular formula is C18H23NO2. The van der Waals surface area contributed by atoms with Gasteiger partial charge in [-0.3, -0.25) is 0 Å². The number of rotatable bonds is 7. The van der Waals surface area contributed by atoms with Crippen molar-refractivity contribution < 1.29 is 9.47 Å². The lowest BCUT2D eigenvalue weighted by atomic mass is 10.0. The highest BCUT2D eigenvalue weighted by molar-refractivity contribution is 5.41. The maximum absolute atomic E-state index is 6.06. The van der Waals surface area contributed by atoms with Gasteiger partial charge in [-0.2, -0.15) is 0 Å². The molecule has 0 aliphatic carbocycles. The fourth-order valence-electron chi connectivity index (χ4n) is 2.37. The first-order chi connectivity index (χ1) is 10.3. The number of methoxy groups -OCH3 is 1. The van der Waals surface area contributed by atoms with Crippen molar-refractivity contribution in [3.05, 3.63) is 54.1 Å². The lowest BCUT2D eigenvalue weighted by Crippen LogP contribution is -2.20. The third kappa shape index (κ3) is 3.99. The van der Waals surface area contributed by atoms with Crippen LogP contribution in [-0.4, -0.2) is 13.7 Å². The van der Waals surface area contributed by atoms with Crippen LogP contribution in [0.2, 0.25) is 0 Å². The van der Waals surface area contributed by atoms with Gasteiger partial charge in [-0.1, -0.05) is 38.1 Å². The van der Waals surface area contributed by atoms with E-state index in [-0.39, 0.29) is 0 Å². The lowest BCUT2D eigenvalue weighted by Gasteiger charge is -2.20. The van der Waals surface area contributed by atoms with Crippen molar-refractivity contribution in [2.45, 2.75) is 26.3 Å². The smallest absolute Gasteiger partial charge is 0.132 e. The molecule has 0 bridgehead atoms. The van der Waals surface area contributed by atoms with Gasteiger partial charge in [-0.25, -0.2) is 0 Å². The minimum Gasteiger partial charge on any atom is -0.497 e. The number of para-hydroxylation sites is 1. The Bertz CT molecular complexity index is 569. The summed E-state index contributed by atoms with van der Waals surface area (Å²) in [5, 5.41) is 3.49. The van der Waals surface area contributed by atoms with E-state index in [9.17, 15) is 0 Å². The normalized spacial score (nSPS) is 12.0. The summed E-state index contributed by atoms with van der Waals surface area (Å²) >= 11 is 0. The molecule has 1 atom stereocenters. The van der Waals surface area contributed by atoms with Gasteiger partial charge in [0, 0.05) is 17.7 Å². The van der Waals surface area contributed by atoms with E-state index in [1.807, 2.05) is 42.5 Å².